The van der Waals surface area contributed by atoms with Gasteiger partial charge in [0.15, 0.2) is 14.9 Å². The molecule has 2 aromatic rings. The van der Waals surface area contributed by atoms with Crippen LogP contribution in [0, 0.1) is 0 Å². The second-order valence-electron chi connectivity index (χ2n) is 8.82. The quantitative estimate of drug-likeness (QED) is 0.628. The van der Waals surface area contributed by atoms with E-state index < -0.39 is 9.84 Å². The molecule has 1 aliphatic carbocycles. The van der Waals surface area contributed by atoms with Crippen LogP contribution in [0.4, 0.5) is 11.6 Å². The third-order valence-corrected chi connectivity index (χ3v) is 6.99. The van der Waals surface area contributed by atoms with Gasteiger partial charge in [0.05, 0.1) is 17.0 Å². The standard InChI is InChI=1S/C21H33N5O2S/c1-21(2,3)26-19(15-17(25-26)16-9-4-5-10-16)23-18-11-8-12-20(24-18)29(27,28)14-7-6-13-22/h8,11-12,15-16H,4-7,9-10,13-14,22H2,1-3H3,(H,23,24). The fourth-order valence-electron chi connectivity index (χ4n) is 3.75. The highest BCUT2D eigenvalue weighted by Gasteiger charge is 2.26. The predicted molar refractivity (Wildman–Crippen MR) is 116 cm³/mol. The number of anilines is 2. The van der Waals surface area contributed by atoms with Crippen LogP contribution in [-0.4, -0.2) is 35.5 Å². The number of hydrogen-bond acceptors (Lipinski definition) is 6. The van der Waals surface area contributed by atoms with Gasteiger partial charge in [-0.25, -0.2) is 18.1 Å². The Morgan fingerprint density at radius 2 is 1.93 bits per heavy atom. The summed E-state index contributed by atoms with van der Waals surface area (Å²) in [6, 6.07) is 7.15. The first-order chi connectivity index (χ1) is 13.7. The van der Waals surface area contributed by atoms with Crippen LogP contribution >= 0.6 is 0 Å². The summed E-state index contributed by atoms with van der Waals surface area (Å²) in [5.41, 5.74) is 6.37. The molecule has 0 spiro atoms. The van der Waals surface area contributed by atoms with E-state index in [9.17, 15) is 8.42 Å². The smallest absolute Gasteiger partial charge is 0.195 e. The van der Waals surface area contributed by atoms with Crippen molar-refractivity contribution in [1.29, 1.82) is 0 Å². The van der Waals surface area contributed by atoms with Gasteiger partial charge >= 0.3 is 0 Å². The number of unbranched alkanes of at least 4 members (excludes halogenated alkanes) is 1. The monoisotopic (exact) mass is 419 g/mol. The summed E-state index contributed by atoms with van der Waals surface area (Å²) in [4.78, 5) is 4.38. The van der Waals surface area contributed by atoms with Crippen LogP contribution in [0.2, 0.25) is 0 Å². The van der Waals surface area contributed by atoms with Crippen LogP contribution in [0.25, 0.3) is 0 Å². The molecule has 0 amide bonds. The number of nitrogens with zero attached hydrogens (tertiary/aromatic N) is 3. The van der Waals surface area contributed by atoms with E-state index in [0.29, 0.717) is 31.1 Å². The Hall–Kier alpha value is -1.93. The number of nitrogens with one attached hydrogen (secondary N) is 1. The van der Waals surface area contributed by atoms with Gasteiger partial charge in [-0.1, -0.05) is 18.9 Å². The average Bonchev–Trinajstić information content (AvgIpc) is 3.31. The zero-order valence-corrected chi connectivity index (χ0v) is 18.5. The molecule has 8 heteroatoms. The van der Waals surface area contributed by atoms with Gasteiger partial charge in [-0.15, -0.1) is 0 Å². The molecule has 7 nitrogen and oxygen atoms in total. The Labute approximate surface area is 174 Å². The summed E-state index contributed by atoms with van der Waals surface area (Å²) in [7, 11) is -3.42. The van der Waals surface area contributed by atoms with Crippen molar-refractivity contribution in [2.75, 3.05) is 17.6 Å². The number of sulfone groups is 1. The molecule has 1 saturated carbocycles. The van der Waals surface area contributed by atoms with E-state index in [1.54, 1.807) is 18.2 Å². The molecule has 1 fully saturated rings. The summed E-state index contributed by atoms with van der Waals surface area (Å²) in [6.07, 6.45) is 6.08. The molecule has 0 unspecified atom stereocenters. The largest absolute Gasteiger partial charge is 0.330 e. The van der Waals surface area contributed by atoms with E-state index >= 15 is 0 Å². The van der Waals surface area contributed by atoms with Crippen molar-refractivity contribution in [2.24, 2.45) is 5.73 Å². The van der Waals surface area contributed by atoms with E-state index in [1.807, 2.05) is 4.68 Å². The van der Waals surface area contributed by atoms with Crippen molar-refractivity contribution in [2.45, 2.75) is 75.8 Å². The zero-order chi connectivity index (χ0) is 21.1. The maximum absolute atomic E-state index is 12.6. The van der Waals surface area contributed by atoms with Crippen molar-refractivity contribution < 1.29 is 8.42 Å². The molecule has 2 heterocycles. The third-order valence-electron chi connectivity index (χ3n) is 5.30. The molecule has 3 N–H and O–H groups in total. The van der Waals surface area contributed by atoms with Gasteiger partial charge in [-0.3, -0.25) is 0 Å². The molecule has 29 heavy (non-hydrogen) atoms. The van der Waals surface area contributed by atoms with Crippen LogP contribution < -0.4 is 11.1 Å². The summed E-state index contributed by atoms with van der Waals surface area (Å²) in [6.45, 7) is 6.81. The minimum atomic E-state index is -3.42. The Balaban J connectivity index is 1.86. The molecule has 0 aromatic carbocycles. The van der Waals surface area contributed by atoms with Gasteiger partial charge in [-0.05, 0) is 65.1 Å². The van der Waals surface area contributed by atoms with Crippen molar-refractivity contribution in [3.05, 3.63) is 30.0 Å². The lowest BCUT2D eigenvalue weighted by molar-refractivity contribution is 0.357. The summed E-state index contributed by atoms with van der Waals surface area (Å²) in [5, 5.41) is 8.28. The minimum Gasteiger partial charge on any atom is -0.330 e. The van der Waals surface area contributed by atoms with E-state index in [2.05, 4.69) is 37.1 Å². The molecule has 2 aromatic heterocycles. The van der Waals surface area contributed by atoms with Crippen LogP contribution in [0.3, 0.4) is 0 Å². The molecule has 3 rings (SSSR count). The summed E-state index contributed by atoms with van der Waals surface area (Å²) in [5.74, 6) is 1.91. The first-order valence-electron chi connectivity index (χ1n) is 10.5. The van der Waals surface area contributed by atoms with Crippen molar-refractivity contribution in [1.82, 2.24) is 14.8 Å². The lowest BCUT2D eigenvalue weighted by Crippen LogP contribution is -2.25. The number of pyridine rings is 1. The maximum Gasteiger partial charge on any atom is 0.195 e. The van der Waals surface area contributed by atoms with Gasteiger partial charge in [0.25, 0.3) is 0 Å². The second-order valence-corrected chi connectivity index (χ2v) is 10.9. The SMILES string of the molecule is CC(C)(C)n1nc(C2CCCC2)cc1Nc1cccc(S(=O)(=O)CCCCN)n1. The first-order valence-corrected chi connectivity index (χ1v) is 12.1. The van der Waals surface area contributed by atoms with Gasteiger partial charge in [0.1, 0.15) is 11.6 Å². The fraction of sp³-hybridized carbons (Fsp3) is 0.619. The Kier molecular flexibility index (Phi) is 6.63. The number of aromatic nitrogens is 3. The molecule has 160 valence electrons. The van der Waals surface area contributed by atoms with Gasteiger partial charge in [0, 0.05) is 12.0 Å². The minimum absolute atomic E-state index is 0.0619. The number of rotatable bonds is 8. The molecule has 0 bridgehead atoms. The highest BCUT2D eigenvalue weighted by molar-refractivity contribution is 7.91. The van der Waals surface area contributed by atoms with E-state index in [-0.39, 0.29) is 16.3 Å². The Morgan fingerprint density at radius 1 is 1.21 bits per heavy atom. The third kappa shape index (κ3) is 5.36. The van der Waals surface area contributed by atoms with Gasteiger partial charge < -0.3 is 11.1 Å². The topological polar surface area (TPSA) is 103 Å². The van der Waals surface area contributed by atoms with Crippen LogP contribution in [0.5, 0.6) is 0 Å². The Morgan fingerprint density at radius 3 is 2.59 bits per heavy atom. The van der Waals surface area contributed by atoms with Gasteiger partial charge in [0.2, 0.25) is 0 Å². The maximum atomic E-state index is 12.6. The number of hydrogen-bond donors (Lipinski definition) is 2. The average molecular weight is 420 g/mol. The molecule has 0 saturated heterocycles. The lowest BCUT2D eigenvalue weighted by atomic mass is 10.0. The zero-order valence-electron chi connectivity index (χ0n) is 17.7. The summed E-state index contributed by atoms with van der Waals surface area (Å²) >= 11 is 0. The lowest BCUT2D eigenvalue weighted by Gasteiger charge is -2.22. The van der Waals surface area contributed by atoms with E-state index in [0.717, 1.165) is 11.5 Å². The second kappa shape index (κ2) is 8.83. The van der Waals surface area contributed by atoms with Crippen LogP contribution in [-0.2, 0) is 15.4 Å². The van der Waals surface area contributed by atoms with E-state index in [4.69, 9.17) is 10.8 Å². The molecule has 0 aliphatic heterocycles. The highest BCUT2D eigenvalue weighted by Crippen LogP contribution is 2.36. The fourth-order valence-corrected chi connectivity index (χ4v) is 5.07. The first kappa shape index (κ1) is 21.8. The van der Waals surface area contributed by atoms with Gasteiger partial charge in [-0.2, -0.15) is 5.10 Å². The molecular weight excluding hydrogens is 386 g/mol. The highest BCUT2D eigenvalue weighted by atomic mass is 32.2. The predicted octanol–water partition coefficient (Wildman–Crippen LogP) is 3.95. The summed E-state index contributed by atoms with van der Waals surface area (Å²) < 4.78 is 27.1. The van der Waals surface area contributed by atoms with Crippen LogP contribution in [0.15, 0.2) is 29.3 Å². The normalized spacial score (nSPS) is 15.7. The number of nitrogens with two attached hydrogens (primary N) is 1. The van der Waals surface area contributed by atoms with Crippen molar-refractivity contribution >= 4 is 21.5 Å². The molecule has 1 aliphatic rings. The molecule has 0 radical (unpaired) electrons. The van der Waals surface area contributed by atoms with Crippen molar-refractivity contribution in [3.8, 4) is 0 Å². The Bertz CT molecular complexity index is 925. The van der Waals surface area contributed by atoms with E-state index in [1.165, 1.54) is 25.7 Å². The van der Waals surface area contributed by atoms with Crippen molar-refractivity contribution in [3.63, 3.8) is 0 Å². The molecule has 0 atom stereocenters. The molecular formula is C21H33N5O2S. The van der Waals surface area contributed by atoms with Crippen LogP contribution in [0.1, 0.15) is 70.9 Å².